The Morgan fingerprint density at radius 3 is 2.44 bits per heavy atom. The van der Waals surface area contributed by atoms with Gasteiger partial charge in [0, 0.05) is 6.20 Å². The second-order valence-corrected chi connectivity index (χ2v) is 4.71. The summed E-state index contributed by atoms with van der Waals surface area (Å²) >= 11 is 1.35. The van der Waals surface area contributed by atoms with E-state index in [2.05, 4.69) is 15.0 Å². The molecule has 6 heteroatoms. The molecule has 0 spiro atoms. The predicted molar refractivity (Wildman–Crippen MR) is 66.8 cm³/mol. The highest BCUT2D eigenvalue weighted by Crippen LogP contribution is 2.24. The van der Waals surface area contributed by atoms with Crippen LogP contribution in [0.3, 0.4) is 0 Å². The van der Waals surface area contributed by atoms with Crippen molar-refractivity contribution in [2.75, 3.05) is 0 Å². The molecular formula is C12H11N3O2S. The Morgan fingerprint density at radius 1 is 1.11 bits per heavy atom. The van der Waals surface area contributed by atoms with Crippen LogP contribution in [0.15, 0.2) is 34.6 Å². The van der Waals surface area contributed by atoms with Gasteiger partial charge in [-0.15, -0.1) is 0 Å². The second-order valence-electron chi connectivity index (χ2n) is 3.67. The summed E-state index contributed by atoms with van der Waals surface area (Å²) in [7, 11) is 0. The van der Waals surface area contributed by atoms with Crippen LogP contribution in [0.2, 0.25) is 0 Å². The van der Waals surface area contributed by atoms with Crippen LogP contribution < -0.4 is 0 Å². The van der Waals surface area contributed by atoms with Crippen LogP contribution in [0.5, 0.6) is 0 Å². The van der Waals surface area contributed by atoms with Crippen molar-refractivity contribution < 1.29 is 9.90 Å². The maximum Gasteiger partial charge on any atom is 0.337 e. The van der Waals surface area contributed by atoms with Crippen LogP contribution in [-0.2, 0) is 0 Å². The summed E-state index contributed by atoms with van der Waals surface area (Å²) in [6.07, 6.45) is 3.01. The van der Waals surface area contributed by atoms with E-state index < -0.39 is 5.97 Å². The maximum atomic E-state index is 10.7. The molecule has 92 valence electrons. The molecule has 0 saturated heterocycles. The molecule has 0 aliphatic carbocycles. The fourth-order valence-corrected chi connectivity index (χ4v) is 1.99. The third kappa shape index (κ3) is 2.84. The van der Waals surface area contributed by atoms with E-state index in [0.29, 0.717) is 5.03 Å². The Hall–Kier alpha value is -1.95. The molecule has 0 fully saturated rings. The van der Waals surface area contributed by atoms with E-state index in [1.165, 1.54) is 24.0 Å². The van der Waals surface area contributed by atoms with Crippen molar-refractivity contribution in [3.8, 4) is 0 Å². The average Bonchev–Trinajstić information content (AvgIpc) is 2.34. The topological polar surface area (TPSA) is 76.0 Å². The van der Waals surface area contributed by atoms with Crippen molar-refractivity contribution in [2.45, 2.75) is 23.9 Å². The zero-order valence-electron chi connectivity index (χ0n) is 9.91. The molecule has 2 aromatic rings. The van der Waals surface area contributed by atoms with Gasteiger partial charge in [0.25, 0.3) is 0 Å². The Morgan fingerprint density at radius 2 is 1.89 bits per heavy atom. The number of aromatic carboxylic acids is 1. The van der Waals surface area contributed by atoms with Crippen LogP contribution in [0, 0.1) is 13.8 Å². The van der Waals surface area contributed by atoms with Crippen molar-refractivity contribution in [3.05, 3.63) is 41.5 Å². The van der Waals surface area contributed by atoms with Crippen molar-refractivity contribution in [1.29, 1.82) is 0 Å². The lowest BCUT2D eigenvalue weighted by molar-refractivity contribution is 0.0696. The molecular weight excluding hydrogens is 250 g/mol. The third-order valence-corrected chi connectivity index (χ3v) is 3.22. The molecule has 1 N–H and O–H groups in total. The highest BCUT2D eigenvalue weighted by Gasteiger charge is 2.06. The van der Waals surface area contributed by atoms with E-state index in [0.717, 1.165) is 16.4 Å². The number of carboxylic acids is 1. The minimum Gasteiger partial charge on any atom is -0.478 e. The van der Waals surface area contributed by atoms with Gasteiger partial charge in [-0.2, -0.15) is 0 Å². The normalized spacial score (nSPS) is 10.3. The highest BCUT2D eigenvalue weighted by molar-refractivity contribution is 7.99. The zero-order valence-corrected chi connectivity index (χ0v) is 10.7. The number of hydrogen-bond donors (Lipinski definition) is 1. The Kier molecular flexibility index (Phi) is 3.57. The summed E-state index contributed by atoms with van der Waals surface area (Å²) in [5.41, 5.74) is 1.95. The number of nitrogens with zero attached hydrogens (tertiary/aromatic N) is 3. The second kappa shape index (κ2) is 5.14. The Balaban J connectivity index is 2.18. The summed E-state index contributed by atoms with van der Waals surface area (Å²) in [5.74, 6) is -0.981. The fraction of sp³-hybridized carbons (Fsp3) is 0.167. The zero-order chi connectivity index (χ0) is 13.1. The smallest absolute Gasteiger partial charge is 0.337 e. The van der Waals surface area contributed by atoms with Gasteiger partial charge in [-0.3, -0.25) is 4.98 Å². The average molecular weight is 261 g/mol. The molecule has 2 aromatic heterocycles. The van der Waals surface area contributed by atoms with Gasteiger partial charge in [0.2, 0.25) is 0 Å². The molecule has 0 radical (unpaired) electrons. The molecule has 0 aliphatic heterocycles. The van der Waals surface area contributed by atoms with Gasteiger partial charge in [0.15, 0.2) is 0 Å². The maximum absolute atomic E-state index is 10.7. The number of carboxylic acid groups (broad SMARTS) is 1. The number of aryl methyl sites for hydroxylation is 2. The van der Waals surface area contributed by atoms with E-state index in [-0.39, 0.29) is 5.56 Å². The van der Waals surface area contributed by atoms with E-state index in [4.69, 9.17) is 5.11 Å². The van der Waals surface area contributed by atoms with Crippen molar-refractivity contribution >= 4 is 17.7 Å². The minimum absolute atomic E-state index is 0.172. The first-order valence-corrected chi connectivity index (χ1v) is 6.05. The van der Waals surface area contributed by atoms with E-state index in [1.807, 2.05) is 13.8 Å². The quantitative estimate of drug-likeness (QED) is 0.913. The summed E-state index contributed by atoms with van der Waals surface area (Å²) < 4.78 is 0. The number of aromatic nitrogens is 3. The molecule has 5 nitrogen and oxygen atoms in total. The number of carbonyl (C=O) groups is 1. The van der Waals surface area contributed by atoms with Gasteiger partial charge in [-0.05, 0) is 37.7 Å². The standard InChI is InChI=1S/C12H11N3O2S/c1-7-8(2)15-11(6-13-7)18-10-4-3-9(5-14-10)12(16)17/h3-6H,1-2H3,(H,16,17). The Bertz CT molecular complexity index is 584. The summed E-state index contributed by atoms with van der Waals surface area (Å²) in [4.78, 5) is 23.3. The van der Waals surface area contributed by atoms with Gasteiger partial charge in [0.05, 0.1) is 23.1 Å². The van der Waals surface area contributed by atoms with Crippen LogP contribution in [0.4, 0.5) is 0 Å². The summed E-state index contributed by atoms with van der Waals surface area (Å²) in [5, 5.41) is 10.2. The molecule has 0 bridgehead atoms. The SMILES string of the molecule is Cc1ncc(Sc2ccc(C(=O)O)cn2)nc1C. The number of hydrogen-bond acceptors (Lipinski definition) is 5. The number of rotatable bonds is 3. The monoisotopic (exact) mass is 261 g/mol. The molecule has 18 heavy (non-hydrogen) atoms. The first-order chi connectivity index (χ1) is 8.56. The fourth-order valence-electron chi connectivity index (χ4n) is 1.24. The van der Waals surface area contributed by atoms with Crippen molar-refractivity contribution in [3.63, 3.8) is 0 Å². The molecule has 0 unspecified atom stereocenters. The van der Waals surface area contributed by atoms with Gasteiger partial charge in [-0.1, -0.05) is 0 Å². The molecule has 0 aliphatic rings. The molecule has 0 aromatic carbocycles. The first-order valence-electron chi connectivity index (χ1n) is 5.23. The lowest BCUT2D eigenvalue weighted by atomic mass is 10.3. The van der Waals surface area contributed by atoms with E-state index in [9.17, 15) is 4.79 Å². The van der Waals surface area contributed by atoms with Gasteiger partial charge < -0.3 is 5.11 Å². The van der Waals surface area contributed by atoms with Crippen molar-refractivity contribution in [1.82, 2.24) is 15.0 Å². The van der Waals surface area contributed by atoms with Gasteiger partial charge in [-0.25, -0.2) is 14.8 Å². The number of pyridine rings is 1. The van der Waals surface area contributed by atoms with Crippen LogP contribution in [0.1, 0.15) is 21.7 Å². The lowest BCUT2D eigenvalue weighted by Gasteiger charge is -2.03. The van der Waals surface area contributed by atoms with E-state index in [1.54, 1.807) is 12.3 Å². The largest absolute Gasteiger partial charge is 0.478 e. The Labute approximate surface area is 108 Å². The van der Waals surface area contributed by atoms with E-state index >= 15 is 0 Å². The molecule has 2 rings (SSSR count). The molecule has 2 heterocycles. The molecule has 0 saturated carbocycles. The lowest BCUT2D eigenvalue weighted by Crippen LogP contribution is -1.97. The summed E-state index contributed by atoms with van der Waals surface area (Å²) in [6, 6.07) is 3.18. The van der Waals surface area contributed by atoms with Crippen LogP contribution >= 0.6 is 11.8 Å². The molecule has 0 atom stereocenters. The molecule has 0 amide bonds. The third-order valence-electron chi connectivity index (χ3n) is 2.36. The van der Waals surface area contributed by atoms with Gasteiger partial charge in [0.1, 0.15) is 10.1 Å². The highest BCUT2D eigenvalue weighted by atomic mass is 32.2. The van der Waals surface area contributed by atoms with Crippen molar-refractivity contribution in [2.24, 2.45) is 0 Å². The first kappa shape index (κ1) is 12.5. The predicted octanol–water partition coefficient (Wildman–Crippen LogP) is 2.34. The van der Waals surface area contributed by atoms with Gasteiger partial charge >= 0.3 is 5.97 Å². The minimum atomic E-state index is -0.981. The van der Waals surface area contributed by atoms with Crippen LogP contribution in [-0.4, -0.2) is 26.0 Å². The summed E-state index contributed by atoms with van der Waals surface area (Å²) in [6.45, 7) is 3.80. The van der Waals surface area contributed by atoms with Crippen LogP contribution in [0.25, 0.3) is 0 Å².